The van der Waals surface area contributed by atoms with Crippen molar-refractivity contribution in [3.63, 3.8) is 0 Å². The molecule has 2 heterocycles. The minimum absolute atomic E-state index is 0.593. The van der Waals surface area contributed by atoms with E-state index in [1.54, 1.807) is 43.3 Å². The fourth-order valence-corrected chi connectivity index (χ4v) is 1.38. The van der Waals surface area contributed by atoms with Crippen LogP contribution in [0.5, 0.6) is 0 Å². The van der Waals surface area contributed by atoms with Crippen LogP contribution in [0.2, 0.25) is 0 Å². The Kier molecular flexibility index (Phi) is 2.47. The molecule has 1 atom stereocenters. The number of hydrogen-bond acceptors (Lipinski definition) is 4. The van der Waals surface area contributed by atoms with Crippen molar-refractivity contribution in [1.82, 2.24) is 19.7 Å². The van der Waals surface area contributed by atoms with E-state index in [9.17, 15) is 5.11 Å². The number of rotatable bonds is 2. The smallest absolute Gasteiger partial charge is 0.125 e. The van der Waals surface area contributed by atoms with Crippen molar-refractivity contribution >= 4 is 0 Å². The second kappa shape index (κ2) is 3.78. The van der Waals surface area contributed by atoms with Crippen molar-refractivity contribution in [2.45, 2.75) is 13.0 Å². The van der Waals surface area contributed by atoms with Crippen LogP contribution in [-0.2, 0) is 7.05 Å². The summed E-state index contributed by atoms with van der Waals surface area (Å²) < 4.78 is 1.65. The third-order valence-electron chi connectivity index (χ3n) is 2.12. The van der Waals surface area contributed by atoms with Gasteiger partial charge in [0.25, 0.3) is 0 Å². The third kappa shape index (κ3) is 2.02. The predicted molar refractivity (Wildman–Crippen MR) is 54.0 cm³/mol. The highest BCUT2D eigenvalue weighted by Crippen LogP contribution is 2.18. The van der Waals surface area contributed by atoms with Crippen LogP contribution >= 0.6 is 0 Å². The Morgan fingerprint density at radius 1 is 1.47 bits per heavy atom. The molecule has 0 aliphatic heterocycles. The molecule has 0 radical (unpaired) electrons. The van der Waals surface area contributed by atoms with Gasteiger partial charge in [0.2, 0.25) is 0 Å². The van der Waals surface area contributed by atoms with Gasteiger partial charge in [0.1, 0.15) is 11.9 Å². The maximum Gasteiger partial charge on any atom is 0.125 e. The standard InChI is InChI=1S/C10H12N4O/c1-7-11-4-3-9(13-7)10(15)8-5-12-14(2)6-8/h3-6,10,15H,1-2H3. The minimum atomic E-state index is -0.736. The number of nitrogens with zero attached hydrogens (tertiary/aromatic N) is 4. The van der Waals surface area contributed by atoms with Crippen LogP contribution in [0.4, 0.5) is 0 Å². The topological polar surface area (TPSA) is 63.8 Å². The summed E-state index contributed by atoms with van der Waals surface area (Å²) in [7, 11) is 1.81. The van der Waals surface area contributed by atoms with Gasteiger partial charge in [-0.05, 0) is 13.0 Å². The molecule has 0 bridgehead atoms. The summed E-state index contributed by atoms with van der Waals surface area (Å²) >= 11 is 0. The number of aryl methyl sites for hydroxylation is 2. The normalized spacial score (nSPS) is 12.7. The summed E-state index contributed by atoms with van der Waals surface area (Å²) in [6.45, 7) is 1.79. The highest BCUT2D eigenvalue weighted by Gasteiger charge is 2.13. The highest BCUT2D eigenvalue weighted by molar-refractivity contribution is 5.20. The fraction of sp³-hybridized carbons (Fsp3) is 0.300. The zero-order valence-electron chi connectivity index (χ0n) is 8.62. The largest absolute Gasteiger partial charge is 0.382 e. The van der Waals surface area contributed by atoms with Gasteiger partial charge in [-0.2, -0.15) is 5.10 Å². The predicted octanol–water partition coefficient (Wildman–Crippen LogP) is 0.600. The molecule has 0 aliphatic carbocycles. The molecule has 5 heteroatoms. The molecule has 0 fully saturated rings. The molecular formula is C10H12N4O. The molecule has 0 aromatic carbocycles. The molecule has 1 N–H and O–H groups in total. The van der Waals surface area contributed by atoms with E-state index in [1.807, 2.05) is 0 Å². The lowest BCUT2D eigenvalue weighted by Gasteiger charge is -2.07. The van der Waals surface area contributed by atoms with E-state index in [1.165, 1.54) is 0 Å². The molecule has 2 aromatic rings. The monoisotopic (exact) mass is 204 g/mol. The van der Waals surface area contributed by atoms with Crippen molar-refractivity contribution in [2.24, 2.45) is 7.05 Å². The van der Waals surface area contributed by atoms with E-state index in [-0.39, 0.29) is 0 Å². The zero-order valence-corrected chi connectivity index (χ0v) is 8.62. The van der Waals surface area contributed by atoms with Gasteiger partial charge in [-0.1, -0.05) is 0 Å². The molecule has 2 aromatic heterocycles. The molecule has 15 heavy (non-hydrogen) atoms. The van der Waals surface area contributed by atoms with Crippen LogP contribution in [0.3, 0.4) is 0 Å². The molecular weight excluding hydrogens is 192 g/mol. The first-order valence-electron chi connectivity index (χ1n) is 4.63. The SMILES string of the molecule is Cc1nccc(C(O)c2cnn(C)c2)n1. The lowest BCUT2D eigenvalue weighted by atomic mass is 10.1. The van der Waals surface area contributed by atoms with Gasteiger partial charge in [-0.3, -0.25) is 4.68 Å². The van der Waals surface area contributed by atoms with Crippen LogP contribution in [0.25, 0.3) is 0 Å². The summed E-state index contributed by atoms with van der Waals surface area (Å²) in [5.41, 5.74) is 1.33. The third-order valence-corrected chi connectivity index (χ3v) is 2.12. The summed E-state index contributed by atoms with van der Waals surface area (Å²) in [6, 6.07) is 1.70. The quantitative estimate of drug-likeness (QED) is 0.778. The second-order valence-electron chi connectivity index (χ2n) is 3.38. The van der Waals surface area contributed by atoms with E-state index >= 15 is 0 Å². The Labute approximate surface area is 87.4 Å². The van der Waals surface area contributed by atoms with E-state index in [0.29, 0.717) is 11.5 Å². The van der Waals surface area contributed by atoms with Crippen LogP contribution in [0.1, 0.15) is 23.2 Å². The van der Waals surface area contributed by atoms with Crippen molar-refractivity contribution in [2.75, 3.05) is 0 Å². The molecule has 0 saturated heterocycles. The molecule has 2 rings (SSSR count). The number of hydrogen-bond donors (Lipinski definition) is 1. The van der Waals surface area contributed by atoms with Crippen molar-refractivity contribution in [3.05, 3.63) is 41.7 Å². The lowest BCUT2D eigenvalue weighted by molar-refractivity contribution is 0.215. The molecule has 0 spiro atoms. The van der Waals surface area contributed by atoms with Gasteiger partial charge in [-0.25, -0.2) is 9.97 Å². The van der Waals surface area contributed by atoms with Crippen LogP contribution in [0.15, 0.2) is 24.7 Å². The average molecular weight is 204 g/mol. The molecule has 78 valence electrons. The number of aromatic nitrogens is 4. The number of aliphatic hydroxyl groups is 1. The Hall–Kier alpha value is -1.75. The second-order valence-corrected chi connectivity index (χ2v) is 3.38. The molecule has 0 amide bonds. The Morgan fingerprint density at radius 2 is 2.27 bits per heavy atom. The van der Waals surface area contributed by atoms with E-state index < -0.39 is 6.10 Å². The van der Waals surface area contributed by atoms with Crippen LogP contribution < -0.4 is 0 Å². The van der Waals surface area contributed by atoms with Crippen molar-refractivity contribution in [1.29, 1.82) is 0 Å². The first-order chi connectivity index (χ1) is 7.16. The van der Waals surface area contributed by atoms with Crippen molar-refractivity contribution < 1.29 is 5.11 Å². The Balaban J connectivity index is 2.32. The van der Waals surface area contributed by atoms with Gasteiger partial charge in [0.05, 0.1) is 11.9 Å². The molecule has 0 aliphatic rings. The van der Waals surface area contributed by atoms with Crippen molar-refractivity contribution in [3.8, 4) is 0 Å². The van der Waals surface area contributed by atoms with E-state index in [4.69, 9.17) is 0 Å². The van der Waals surface area contributed by atoms with Gasteiger partial charge in [0, 0.05) is 25.0 Å². The summed E-state index contributed by atoms with van der Waals surface area (Å²) in [5, 5.41) is 14.0. The zero-order chi connectivity index (χ0) is 10.8. The first kappa shape index (κ1) is 9.79. The highest BCUT2D eigenvalue weighted by atomic mass is 16.3. The first-order valence-corrected chi connectivity index (χ1v) is 4.63. The fourth-order valence-electron chi connectivity index (χ4n) is 1.38. The molecule has 5 nitrogen and oxygen atoms in total. The summed E-state index contributed by atoms with van der Waals surface area (Å²) in [4.78, 5) is 8.14. The maximum atomic E-state index is 9.99. The Bertz CT molecular complexity index is 466. The average Bonchev–Trinajstić information content (AvgIpc) is 2.64. The van der Waals surface area contributed by atoms with Gasteiger partial charge in [-0.15, -0.1) is 0 Å². The molecule has 0 saturated carbocycles. The maximum absolute atomic E-state index is 9.99. The molecule has 1 unspecified atom stereocenters. The van der Waals surface area contributed by atoms with Gasteiger partial charge in [0.15, 0.2) is 0 Å². The lowest BCUT2D eigenvalue weighted by Crippen LogP contribution is -2.03. The summed E-state index contributed by atoms with van der Waals surface area (Å²) in [5.74, 6) is 0.649. The summed E-state index contributed by atoms with van der Waals surface area (Å²) in [6.07, 6.45) is 4.29. The van der Waals surface area contributed by atoms with Gasteiger partial charge >= 0.3 is 0 Å². The van der Waals surface area contributed by atoms with Crippen LogP contribution in [0, 0.1) is 6.92 Å². The van der Waals surface area contributed by atoms with Gasteiger partial charge < -0.3 is 5.11 Å². The van der Waals surface area contributed by atoms with E-state index in [2.05, 4.69) is 15.1 Å². The number of aliphatic hydroxyl groups excluding tert-OH is 1. The Morgan fingerprint density at radius 3 is 2.87 bits per heavy atom. The van der Waals surface area contributed by atoms with E-state index in [0.717, 1.165) is 5.56 Å². The van der Waals surface area contributed by atoms with Crippen LogP contribution in [-0.4, -0.2) is 24.9 Å². The minimum Gasteiger partial charge on any atom is -0.382 e.